The molecule has 10 rings (SSSR count). The second-order valence-corrected chi connectivity index (χ2v) is 11.5. The zero-order valence-electron chi connectivity index (χ0n) is 39.9. The van der Waals surface area contributed by atoms with Gasteiger partial charge in [0.05, 0.1) is 41.3 Å². The van der Waals surface area contributed by atoms with E-state index < -0.39 is 119 Å². The van der Waals surface area contributed by atoms with Crippen LogP contribution >= 0.6 is 0 Å². The minimum atomic E-state index is -0.733. The van der Waals surface area contributed by atoms with Crippen LogP contribution in [-0.2, 0) is 0 Å². The van der Waals surface area contributed by atoms with Crippen molar-refractivity contribution < 1.29 is 19.2 Å². The van der Waals surface area contributed by atoms with Crippen molar-refractivity contribution in [2.75, 3.05) is 0 Å². The molecule has 0 fully saturated rings. The van der Waals surface area contributed by atoms with Gasteiger partial charge in [0.1, 0.15) is 0 Å². The van der Waals surface area contributed by atoms with Crippen LogP contribution in [0.15, 0.2) is 176 Å². The van der Waals surface area contributed by atoms with Crippen LogP contribution in [0.3, 0.4) is 0 Å². The minimum absolute atomic E-state index is 0.0996. The van der Waals surface area contributed by atoms with Crippen LogP contribution in [0.5, 0.6) is 0 Å². The first-order chi connectivity index (χ1) is 30.6. The standard InChI is InChI=1S/C45H29N5/c1-4-14-30(15-5-1)43-46-44(31-16-6-2-7-17-31)48-45(47-43)32-24-26-34(27-25-32)50-40-23-13-11-21-36(40)38-28-37-35-20-10-12-22-39(35)49(41(37)29-42(38)50)33-18-8-3-9-19-33/h1-29H/i1D,2D,4D,5D,6D,7D,14D,15D,16D,17D,24D,25D,26D,27D. The average Bonchev–Trinajstić information content (AvgIpc) is 3.80. The Morgan fingerprint density at radius 3 is 1.32 bits per heavy atom. The van der Waals surface area contributed by atoms with Crippen molar-refractivity contribution in [3.05, 3.63) is 176 Å². The van der Waals surface area contributed by atoms with E-state index in [0.29, 0.717) is 11.0 Å². The lowest BCUT2D eigenvalue weighted by molar-refractivity contribution is 1.07. The predicted octanol–water partition coefficient (Wildman–Crippen LogP) is 11.1. The lowest BCUT2D eigenvalue weighted by Gasteiger charge is -2.11. The van der Waals surface area contributed by atoms with E-state index in [1.54, 1.807) is 4.57 Å². The summed E-state index contributed by atoms with van der Waals surface area (Å²) >= 11 is 0. The molecule has 0 N–H and O–H groups in total. The molecular formula is C45H29N5. The molecule has 0 unspecified atom stereocenters. The Bertz CT molecular complexity index is 3500. The van der Waals surface area contributed by atoms with Gasteiger partial charge in [-0.1, -0.05) is 115 Å². The van der Waals surface area contributed by atoms with Gasteiger partial charge >= 0.3 is 0 Å². The summed E-state index contributed by atoms with van der Waals surface area (Å²) in [4.78, 5) is 13.1. The summed E-state index contributed by atoms with van der Waals surface area (Å²) in [5.74, 6) is -1.76. The maximum atomic E-state index is 9.56. The van der Waals surface area contributed by atoms with Crippen LogP contribution < -0.4 is 0 Å². The monoisotopic (exact) mass is 653 g/mol. The minimum Gasteiger partial charge on any atom is -0.309 e. The third kappa shape index (κ3) is 4.52. The van der Waals surface area contributed by atoms with Gasteiger partial charge in [0.25, 0.3) is 0 Å². The van der Waals surface area contributed by atoms with Gasteiger partial charge in [-0.25, -0.2) is 15.0 Å². The SMILES string of the molecule is [2H]c1c([2H])c([2H])c(-c2nc(-c3c([2H])c([2H])c([2H])c([2H])c3[2H])nc(-c3c([2H])c([2H])c(-n4c5ccccc5c5cc6c7ccccc7n(-c7ccccc7)c6cc54)c([2H])c3[2H])n2)c([2H])c1[2H]. The van der Waals surface area contributed by atoms with E-state index in [0.717, 1.165) is 38.3 Å². The number of fused-ring (bicyclic) bond motifs is 6. The van der Waals surface area contributed by atoms with Gasteiger partial charge in [-0.05, 0) is 60.6 Å². The quantitative estimate of drug-likeness (QED) is 0.186. The Morgan fingerprint density at radius 2 is 0.800 bits per heavy atom. The first-order valence-corrected chi connectivity index (χ1v) is 15.7. The topological polar surface area (TPSA) is 48.5 Å². The highest BCUT2D eigenvalue weighted by Crippen LogP contribution is 2.39. The van der Waals surface area contributed by atoms with Gasteiger partial charge in [-0.2, -0.15) is 0 Å². The van der Waals surface area contributed by atoms with Crippen LogP contribution in [0.25, 0.3) is 89.2 Å². The number of rotatable bonds is 5. The number of benzene rings is 7. The summed E-state index contributed by atoms with van der Waals surface area (Å²) in [5.41, 5.74) is 2.27. The van der Waals surface area contributed by atoms with E-state index in [2.05, 4.69) is 31.7 Å². The molecule has 0 saturated carbocycles. The molecule has 3 heterocycles. The molecule has 5 heteroatoms. The summed E-state index contributed by atoms with van der Waals surface area (Å²) < 4.78 is 126. The molecule has 0 amide bonds. The molecule has 0 bridgehead atoms. The zero-order valence-corrected chi connectivity index (χ0v) is 25.9. The highest BCUT2D eigenvalue weighted by Gasteiger charge is 2.19. The van der Waals surface area contributed by atoms with E-state index in [4.69, 9.17) is 13.7 Å². The van der Waals surface area contributed by atoms with Gasteiger partial charge in [-0.15, -0.1) is 0 Å². The molecule has 0 spiro atoms. The van der Waals surface area contributed by atoms with Crippen molar-refractivity contribution in [2.24, 2.45) is 0 Å². The molecule has 0 aliphatic rings. The third-order valence-corrected chi connectivity index (χ3v) is 8.62. The van der Waals surface area contributed by atoms with Crippen molar-refractivity contribution in [2.45, 2.75) is 0 Å². The molecule has 5 nitrogen and oxygen atoms in total. The Labute approximate surface area is 308 Å². The Kier molecular flexibility index (Phi) is 3.99. The van der Waals surface area contributed by atoms with Crippen LogP contribution in [0.1, 0.15) is 19.2 Å². The molecular weight excluding hydrogens is 611 g/mol. The molecule has 0 aliphatic heterocycles. The van der Waals surface area contributed by atoms with Gasteiger partial charge in [0.15, 0.2) is 17.5 Å². The Balaban J connectivity index is 1.28. The van der Waals surface area contributed by atoms with E-state index in [1.807, 2.05) is 78.9 Å². The average molecular weight is 654 g/mol. The first-order valence-electron chi connectivity index (χ1n) is 22.7. The normalized spacial score (nSPS) is 15.5. The van der Waals surface area contributed by atoms with Gasteiger partial charge in [0.2, 0.25) is 0 Å². The lowest BCUT2D eigenvalue weighted by Crippen LogP contribution is -2.00. The molecule has 0 saturated heterocycles. The van der Waals surface area contributed by atoms with Crippen molar-refractivity contribution >= 4 is 43.6 Å². The molecule has 0 aliphatic carbocycles. The summed E-state index contributed by atoms with van der Waals surface area (Å²) in [6.07, 6.45) is 0. The Morgan fingerprint density at radius 1 is 0.360 bits per heavy atom. The number of para-hydroxylation sites is 3. The summed E-state index contributed by atoms with van der Waals surface area (Å²) in [5, 5.41) is 3.56. The van der Waals surface area contributed by atoms with Crippen molar-refractivity contribution in [1.29, 1.82) is 0 Å². The molecule has 7 aromatic carbocycles. The fourth-order valence-electron chi connectivity index (χ4n) is 6.49. The summed E-state index contributed by atoms with van der Waals surface area (Å²) in [6, 6.07) is 19.9. The molecule has 3 aromatic heterocycles. The lowest BCUT2D eigenvalue weighted by atomic mass is 10.1. The molecule has 0 atom stereocenters. The van der Waals surface area contributed by atoms with Crippen LogP contribution in [0.2, 0.25) is 0 Å². The maximum Gasteiger partial charge on any atom is 0.164 e. The number of hydrogen-bond donors (Lipinski definition) is 0. The number of nitrogens with zero attached hydrogens (tertiary/aromatic N) is 5. The maximum absolute atomic E-state index is 9.56. The summed E-state index contributed by atoms with van der Waals surface area (Å²) in [6.45, 7) is 0. The van der Waals surface area contributed by atoms with E-state index in [9.17, 15) is 5.48 Å². The van der Waals surface area contributed by atoms with Gasteiger partial charge in [-0.3, -0.25) is 0 Å². The van der Waals surface area contributed by atoms with Crippen LogP contribution in [0, 0.1) is 0 Å². The highest BCUT2D eigenvalue weighted by atomic mass is 15.0. The van der Waals surface area contributed by atoms with Crippen LogP contribution in [0.4, 0.5) is 0 Å². The largest absolute Gasteiger partial charge is 0.309 e. The van der Waals surface area contributed by atoms with Gasteiger partial charge in [0, 0.05) is 49.6 Å². The van der Waals surface area contributed by atoms with Crippen molar-refractivity contribution in [3.8, 4) is 45.5 Å². The Hall–Kier alpha value is -6.85. The van der Waals surface area contributed by atoms with E-state index in [-0.39, 0.29) is 5.69 Å². The highest BCUT2D eigenvalue weighted by molar-refractivity contribution is 6.19. The fraction of sp³-hybridized carbons (Fsp3) is 0. The predicted molar refractivity (Wildman–Crippen MR) is 205 cm³/mol. The molecule has 50 heavy (non-hydrogen) atoms. The van der Waals surface area contributed by atoms with E-state index >= 15 is 0 Å². The second kappa shape index (κ2) is 11.4. The van der Waals surface area contributed by atoms with Crippen molar-refractivity contribution in [3.63, 3.8) is 0 Å². The second-order valence-electron chi connectivity index (χ2n) is 11.5. The fourth-order valence-corrected chi connectivity index (χ4v) is 6.49. The first kappa shape index (κ1) is 17.5. The van der Waals surface area contributed by atoms with Crippen molar-refractivity contribution in [1.82, 2.24) is 24.1 Å². The number of aromatic nitrogens is 5. The van der Waals surface area contributed by atoms with Crippen LogP contribution in [-0.4, -0.2) is 24.1 Å². The number of hydrogen-bond acceptors (Lipinski definition) is 3. The third-order valence-electron chi connectivity index (χ3n) is 8.62. The molecule has 10 aromatic rings. The zero-order chi connectivity index (χ0) is 45.2. The van der Waals surface area contributed by atoms with E-state index in [1.165, 1.54) is 0 Å². The summed E-state index contributed by atoms with van der Waals surface area (Å²) in [7, 11) is 0. The molecule has 234 valence electrons. The molecule has 0 radical (unpaired) electrons. The smallest absolute Gasteiger partial charge is 0.164 e. The van der Waals surface area contributed by atoms with Gasteiger partial charge < -0.3 is 9.13 Å².